The van der Waals surface area contributed by atoms with Crippen molar-refractivity contribution in [2.45, 2.75) is 20.4 Å². The highest BCUT2D eigenvalue weighted by Gasteiger charge is 2.21. The van der Waals surface area contributed by atoms with Crippen molar-refractivity contribution < 1.29 is 28.7 Å². The molecule has 0 heterocycles. The molecule has 0 bridgehead atoms. The molecule has 0 aliphatic heterocycles. The molecular weight excluding hydrogens is 296 g/mol. The molecule has 0 saturated heterocycles. The monoisotopic (exact) mass is 312 g/mol. The minimum Gasteiger partial charge on any atom is -0.450 e. The first-order valence-corrected chi connectivity index (χ1v) is 6.51. The fourth-order valence-electron chi connectivity index (χ4n) is 1.58. The fraction of sp³-hybridized carbons (Fsp3) is 0.385. The molecule has 0 fully saturated rings. The average Bonchev–Trinajstić information content (AvgIpc) is 2.46. The van der Waals surface area contributed by atoms with Crippen molar-refractivity contribution in [2.24, 2.45) is 0 Å². The smallest absolute Gasteiger partial charge is 0.450 e. The van der Waals surface area contributed by atoms with Crippen molar-refractivity contribution in [3.63, 3.8) is 0 Å². The largest absolute Gasteiger partial charge is 0.513 e. The van der Waals surface area contributed by atoms with Gasteiger partial charge in [-0.05, 0) is 19.9 Å². The molecule has 22 heavy (non-hydrogen) atoms. The molecule has 1 N–H and O–H groups in total. The minimum absolute atomic E-state index is 0.0357. The first kappa shape index (κ1) is 17.2. The third-order valence-electron chi connectivity index (χ3n) is 2.45. The van der Waals surface area contributed by atoms with Crippen LogP contribution in [0.2, 0.25) is 0 Å². The SMILES string of the molecule is CCOC(=O)NCc1c(OC(=O)OCC)cccc1[N+](=O)[O-]. The zero-order valence-corrected chi connectivity index (χ0v) is 12.2. The summed E-state index contributed by atoms with van der Waals surface area (Å²) in [5, 5.41) is 13.4. The van der Waals surface area contributed by atoms with Crippen LogP contribution in [0.15, 0.2) is 18.2 Å². The molecule has 9 nitrogen and oxygen atoms in total. The number of ether oxygens (including phenoxy) is 3. The number of nitro benzene ring substituents is 1. The molecule has 120 valence electrons. The number of carbonyl (C=O) groups excluding carboxylic acids is 2. The highest BCUT2D eigenvalue weighted by atomic mass is 16.7. The van der Waals surface area contributed by atoms with E-state index < -0.39 is 17.2 Å². The van der Waals surface area contributed by atoms with Gasteiger partial charge in [0.05, 0.1) is 30.2 Å². The van der Waals surface area contributed by atoms with Crippen LogP contribution in [0.25, 0.3) is 0 Å². The van der Waals surface area contributed by atoms with E-state index in [0.29, 0.717) is 0 Å². The topological polar surface area (TPSA) is 117 Å². The van der Waals surface area contributed by atoms with E-state index in [1.807, 2.05) is 0 Å². The number of benzene rings is 1. The van der Waals surface area contributed by atoms with Crippen LogP contribution in [0, 0.1) is 10.1 Å². The van der Waals surface area contributed by atoms with Crippen LogP contribution in [-0.2, 0) is 16.0 Å². The third-order valence-corrected chi connectivity index (χ3v) is 2.45. The second-order valence-corrected chi connectivity index (χ2v) is 3.87. The molecule has 1 aromatic carbocycles. The Morgan fingerprint density at radius 1 is 1.23 bits per heavy atom. The summed E-state index contributed by atoms with van der Waals surface area (Å²) in [5.41, 5.74) is -0.257. The zero-order valence-electron chi connectivity index (χ0n) is 12.2. The van der Waals surface area contributed by atoms with Gasteiger partial charge in [-0.15, -0.1) is 0 Å². The number of nitro groups is 1. The molecular formula is C13H16N2O7. The number of rotatable bonds is 6. The van der Waals surface area contributed by atoms with E-state index in [1.54, 1.807) is 13.8 Å². The number of nitrogens with zero attached hydrogens (tertiary/aromatic N) is 1. The summed E-state index contributed by atoms with van der Waals surface area (Å²) in [6.45, 7) is 3.25. The van der Waals surface area contributed by atoms with Gasteiger partial charge in [-0.25, -0.2) is 9.59 Å². The Balaban J connectivity index is 3.00. The third kappa shape index (κ3) is 4.93. The summed E-state index contributed by atoms with van der Waals surface area (Å²) in [7, 11) is 0. The van der Waals surface area contributed by atoms with Crippen molar-refractivity contribution in [2.75, 3.05) is 13.2 Å². The highest BCUT2D eigenvalue weighted by molar-refractivity contribution is 5.69. The van der Waals surface area contributed by atoms with Crippen LogP contribution in [0.3, 0.4) is 0 Å². The number of hydrogen-bond donors (Lipinski definition) is 1. The van der Waals surface area contributed by atoms with Gasteiger partial charge in [-0.2, -0.15) is 0 Å². The number of amides is 1. The van der Waals surface area contributed by atoms with Crippen molar-refractivity contribution in [3.05, 3.63) is 33.9 Å². The van der Waals surface area contributed by atoms with Gasteiger partial charge in [-0.3, -0.25) is 10.1 Å². The van der Waals surface area contributed by atoms with Gasteiger partial charge >= 0.3 is 12.2 Å². The predicted octanol–water partition coefficient (Wildman–Crippen LogP) is 2.38. The molecule has 0 unspecified atom stereocenters. The maximum atomic E-state index is 11.4. The maximum absolute atomic E-state index is 11.4. The van der Waals surface area contributed by atoms with Gasteiger partial charge in [0.15, 0.2) is 0 Å². The van der Waals surface area contributed by atoms with E-state index in [-0.39, 0.29) is 36.8 Å². The van der Waals surface area contributed by atoms with Crippen LogP contribution >= 0.6 is 0 Å². The molecule has 1 aromatic rings. The van der Waals surface area contributed by atoms with E-state index in [2.05, 4.69) is 14.8 Å². The minimum atomic E-state index is -0.986. The lowest BCUT2D eigenvalue weighted by Crippen LogP contribution is -2.24. The van der Waals surface area contributed by atoms with Crippen LogP contribution in [0.5, 0.6) is 5.75 Å². The summed E-state index contributed by atoms with van der Waals surface area (Å²) in [6, 6.07) is 3.97. The Morgan fingerprint density at radius 3 is 2.50 bits per heavy atom. The van der Waals surface area contributed by atoms with Crippen molar-refractivity contribution in [1.82, 2.24) is 5.32 Å². The Bertz CT molecular complexity index is 559. The first-order valence-electron chi connectivity index (χ1n) is 6.51. The molecule has 0 saturated carbocycles. The van der Waals surface area contributed by atoms with Gasteiger partial charge in [-0.1, -0.05) is 6.07 Å². The van der Waals surface area contributed by atoms with Gasteiger partial charge in [0, 0.05) is 6.07 Å². The molecule has 0 atom stereocenters. The molecule has 9 heteroatoms. The zero-order chi connectivity index (χ0) is 16.5. The normalized spacial score (nSPS) is 9.73. The number of carbonyl (C=O) groups is 2. The summed E-state index contributed by atoms with van der Waals surface area (Å²) in [5.74, 6) is -0.0653. The molecule has 0 radical (unpaired) electrons. The molecule has 0 aliphatic carbocycles. The van der Waals surface area contributed by atoms with E-state index in [1.165, 1.54) is 18.2 Å². The highest BCUT2D eigenvalue weighted by Crippen LogP contribution is 2.28. The van der Waals surface area contributed by atoms with E-state index >= 15 is 0 Å². The number of hydrogen-bond acceptors (Lipinski definition) is 7. The molecule has 1 rings (SSSR count). The van der Waals surface area contributed by atoms with Gasteiger partial charge < -0.3 is 19.5 Å². The van der Waals surface area contributed by atoms with Crippen molar-refractivity contribution in [1.29, 1.82) is 0 Å². The standard InChI is InChI=1S/C13H16N2O7/c1-3-20-12(16)14-8-9-10(15(18)19)6-5-7-11(9)22-13(17)21-4-2/h5-7H,3-4,8H2,1-2H3,(H,14,16). The molecule has 0 aromatic heterocycles. The van der Waals surface area contributed by atoms with Gasteiger partial charge in [0.25, 0.3) is 5.69 Å². The average molecular weight is 312 g/mol. The lowest BCUT2D eigenvalue weighted by molar-refractivity contribution is -0.385. The van der Waals surface area contributed by atoms with Crippen LogP contribution < -0.4 is 10.1 Å². The summed E-state index contributed by atoms with van der Waals surface area (Å²) >= 11 is 0. The first-order chi connectivity index (χ1) is 10.5. The summed E-state index contributed by atoms with van der Waals surface area (Å²) < 4.78 is 14.2. The lowest BCUT2D eigenvalue weighted by atomic mass is 10.1. The maximum Gasteiger partial charge on any atom is 0.513 e. The fourth-order valence-corrected chi connectivity index (χ4v) is 1.58. The Morgan fingerprint density at radius 2 is 1.91 bits per heavy atom. The predicted molar refractivity (Wildman–Crippen MR) is 74.6 cm³/mol. The second kappa shape index (κ2) is 8.45. The molecule has 0 spiro atoms. The van der Waals surface area contributed by atoms with Crippen LogP contribution in [-0.4, -0.2) is 30.4 Å². The Kier molecular flexibility index (Phi) is 6.61. The van der Waals surface area contributed by atoms with Gasteiger partial charge in [0.1, 0.15) is 5.75 Å². The lowest BCUT2D eigenvalue weighted by Gasteiger charge is -2.11. The van der Waals surface area contributed by atoms with E-state index in [0.717, 1.165) is 0 Å². The van der Waals surface area contributed by atoms with Gasteiger partial charge in [0.2, 0.25) is 0 Å². The van der Waals surface area contributed by atoms with Crippen molar-refractivity contribution >= 4 is 17.9 Å². The quantitative estimate of drug-likeness (QED) is 0.371. The Hall–Kier alpha value is -2.84. The van der Waals surface area contributed by atoms with E-state index in [9.17, 15) is 19.7 Å². The molecule has 0 aliphatic rings. The van der Waals surface area contributed by atoms with E-state index in [4.69, 9.17) is 4.74 Å². The molecule has 1 amide bonds. The number of alkyl carbamates (subject to hydrolysis) is 1. The van der Waals surface area contributed by atoms with Crippen LogP contribution in [0.4, 0.5) is 15.3 Å². The van der Waals surface area contributed by atoms with Crippen molar-refractivity contribution in [3.8, 4) is 5.75 Å². The second-order valence-electron chi connectivity index (χ2n) is 3.87. The summed E-state index contributed by atoms with van der Waals surface area (Å²) in [4.78, 5) is 33.1. The summed E-state index contributed by atoms with van der Waals surface area (Å²) in [6.07, 6.45) is -1.72. The Labute approximate surface area is 126 Å². The van der Waals surface area contributed by atoms with Crippen LogP contribution in [0.1, 0.15) is 19.4 Å². The number of nitrogens with one attached hydrogen (secondary N) is 1.